The van der Waals surface area contributed by atoms with Crippen molar-refractivity contribution in [2.45, 2.75) is 18.7 Å². The molecule has 1 aromatic heterocycles. The molecular formula is C20H16N2O2. The minimum atomic E-state index is -0.224. The molecule has 2 atom stereocenters. The third kappa shape index (κ3) is 2.03. The molecule has 0 aliphatic carbocycles. The molecule has 0 bridgehead atoms. The molecule has 0 spiro atoms. The van der Waals surface area contributed by atoms with Crippen LogP contribution in [-0.4, -0.2) is 10.7 Å². The molecule has 2 aromatic carbocycles. The second-order valence-electron chi connectivity index (χ2n) is 6.04. The van der Waals surface area contributed by atoms with E-state index in [1.807, 2.05) is 48.5 Å². The van der Waals surface area contributed by atoms with Gasteiger partial charge < -0.3 is 9.15 Å². The molecule has 0 saturated carbocycles. The van der Waals surface area contributed by atoms with E-state index >= 15 is 0 Å². The number of hydrogen-bond donors (Lipinski definition) is 0. The second-order valence-corrected chi connectivity index (χ2v) is 6.04. The van der Waals surface area contributed by atoms with Gasteiger partial charge in [0.05, 0.1) is 12.3 Å². The molecule has 4 heteroatoms. The van der Waals surface area contributed by atoms with E-state index in [1.165, 1.54) is 5.56 Å². The lowest BCUT2D eigenvalue weighted by molar-refractivity contribution is -0.0190. The van der Waals surface area contributed by atoms with Crippen LogP contribution in [0.25, 0.3) is 0 Å². The van der Waals surface area contributed by atoms with E-state index in [9.17, 15) is 0 Å². The highest BCUT2D eigenvalue weighted by atomic mass is 16.5. The molecule has 0 fully saturated rings. The van der Waals surface area contributed by atoms with Gasteiger partial charge in [0.1, 0.15) is 17.2 Å². The van der Waals surface area contributed by atoms with E-state index in [0.29, 0.717) is 0 Å². The van der Waals surface area contributed by atoms with Gasteiger partial charge in [0.25, 0.3) is 0 Å². The zero-order chi connectivity index (χ0) is 15.9. The molecule has 2 aliphatic rings. The molecule has 5 rings (SSSR count). The zero-order valence-electron chi connectivity index (χ0n) is 13.0. The number of hydrazone groups is 1. The van der Waals surface area contributed by atoms with Crippen LogP contribution >= 0.6 is 0 Å². The molecule has 118 valence electrons. The number of benzene rings is 2. The Morgan fingerprint density at radius 2 is 1.75 bits per heavy atom. The summed E-state index contributed by atoms with van der Waals surface area (Å²) in [7, 11) is 0. The number of nitrogens with zero attached hydrogens (tertiary/aromatic N) is 2. The smallest absolute Gasteiger partial charge is 0.213 e. The van der Waals surface area contributed by atoms with Gasteiger partial charge in [-0.2, -0.15) is 5.10 Å². The highest BCUT2D eigenvalue weighted by molar-refractivity contribution is 5.99. The Balaban J connectivity index is 1.62. The lowest BCUT2D eigenvalue weighted by Gasteiger charge is -2.38. The van der Waals surface area contributed by atoms with Crippen LogP contribution in [0.2, 0.25) is 0 Å². The molecule has 2 unspecified atom stereocenters. The minimum absolute atomic E-state index is 0.167. The van der Waals surface area contributed by atoms with Crippen LogP contribution < -0.4 is 4.74 Å². The number of para-hydroxylation sites is 1. The lowest BCUT2D eigenvalue weighted by Crippen LogP contribution is -2.33. The van der Waals surface area contributed by atoms with E-state index in [1.54, 1.807) is 6.26 Å². The van der Waals surface area contributed by atoms with E-state index in [2.05, 4.69) is 23.2 Å². The van der Waals surface area contributed by atoms with Crippen LogP contribution in [0.3, 0.4) is 0 Å². The van der Waals surface area contributed by atoms with Crippen molar-refractivity contribution in [2.75, 3.05) is 0 Å². The molecule has 24 heavy (non-hydrogen) atoms. The Morgan fingerprint density at radius 3 is 2.58 bits per heavy atom. The van der Waals surface area contributed by atoms with E-state index in [4.69, 9.17) is 14.3 Å². The van der Waals surface area contributed by atoms with Gasteiger partial charge in [0.15, 0.2) is 0 Å². The van der Waals surface area contributed by atoms with Gasteiger partial charge in [-0.05, 0) is 18.2 Å². The van der Waals surface area contributed by atoms with Gasteiger partial charge in [0, 0.05) is 17.5 Å². The van der Waals surface area contributed by atoms with Gasteiger partial charge in [-0.15, -0.1) is 0 Å². The number of hydrogen-bond acceptors (Lipinski definition) is 4. The summed E-state index contributed by atoms with van der Waals surface area (Å²) in [5.74, 6) is 1.76. The first-order valence-corrected chi connectivity index (χ1v) is 8.10. The van der Waals surface area contributed by atoms with Crippen molar-refractivity contribution in [3.05, 3.63) is 89.9 Å². The van der Waals surface area contributed by atoms with Gasteiger partial charge in [-0.3, -0.25) is 0 Å². The van der Waals surface area contributed by atoms with Gasteiger partial charge in [-0.25, -0.2) is 5.01 Å². The van der Waals surface area contributed by atoms with Gasteiger partial charge in [0.2, 0.25) is 6.23 Å². The maximum atomic E-state index is 6.29. The second kappa shape index (κ2) is 5.27. The maximum absolute atomic E-state index is 6.29. The molecular weight excluding hydrogens is 300 g/mol. The molecule has 3 aromatic rings. The molecule has 0 radical (unpaired) electrons. The average molecular weight is 316 g/mol. The van der Waals surface area contributed by atoms with Crippen LogP contribution in [-0.2, 0) is 0 Å². The van der Waals surface area contributed by atoms with Crippen molar-refractivity contribution >= 4 is 5.71 Å². The highest BCUT2D eigenvalue weighted by Crippen LogP contribution is 2.47. The first-order valence-electron chi connectivity index (χ1n) is 8.10. The molecule has 0 amide bonds. The topological polar surface area (TPSA) is 38.0 Å². The molecule has 0 saturated heterocycles. The number of furan rings is 1. The fourth-order valence-corrected chi connectivity index (χ4v) is 3.46. The maximum Gasteiger partial charge on any atom is 0.213 e. The van der Waals surface area contributed by atoms with Crippen molar-refractivity contribution in [3.8, 4) is 5.75 Å². The summed E-state index contributed by atoms with van der Waals surface area (Å²) in [6.45, 7) is 0. The molecule has 2 aliphatic heterocycles. The summed E-state index contributed by atoms with van der Waals surface area (Å²) in [6, 6.07) is 22.5. The van der Waals surface area contributed by atoms with Crippen LogP contribution in [0.4, 0.5) is 0 Å². The van der Waals surface area contributed by atoms with Crippen molar-refractivity contribution < 1.29 is 9.15 Å². The molecule has 3 heterocycles. The van der Waals surface area contributed by atoms with Crippen LogP contribution in [0, 0.1) is 0 Å². The average Bonchev–Trinajstić information content (AvgIpc) is 3.31. The Bertz CT molecular complexity index is 887. The standard InChI is InChI=1S/C20H16N2O2/c1-2-7-14(8-3-1)20-22-17(15-9-4-5-10-18(15)24-20)13-16(21-22)19-11-6-12-23-19/h1-12,17,20H,13H2. The van der Waals surface area contributed by atoms with Crippen LogP contribution in [0.1, 0.15) is 35.6 Å². The SMILES string of the molecule is c1ccc(C2Oc3ccccc3C3CC(c4ccco4)=NN32)cc1. The number of fused-ring (bicyclic) bond motifs is 3. The third-order valence-corrected chi connectivity index (χ3v) is 4.59. The van der Waals surface area contributed by atoms with Gasteiger partial charge in [-0.1, -0.05) is 48.5 Å². The zero-order valence-corrected chi connectivity index (χ0v) is 13.0. The summed E-state index contributed by atoms with van der Waals surface area (Å²) in [6.07, 6.45) is 2.28. The summed E-state index contributed by atoms with van der Waals surface area (Å²) >= 11 is 0. The first-order chi connectivity index (χ1) is 11.9. The molecule has 4 nitrogen and oxygen atoms in total. The first kappa shape index (κ1) is 13.4. The highest BCUT2D eigenvalue weighted by Gasteiger charge is 2.41. The fraction of sp³-hybridized carbons (Fsp3) is 0.150. The van der Waals surface area contributed by atoms with Gasteiger partial charge >= 0.3 is 0 Å². The lowest BCUT2D eigenvalue weighted by atomic mass is 9.97. The quantitative estimate of drug-likeness (QED) is 0.697. The van der Waals surface area contributed by atoms with Crippen molar-refractivity contribution in [1.82, 2.24) is 5.01 Å². The van der Waals surface area contributed by atoms with E-state index in [-0.39, 0.29) is 12.3 Å². The Hall–Kier alpha value is -3.01. The van der Waals surface area contributed by atoms with E-state index in [0.717, 1.165) is 29.2 Å². The Labute approximate surface area is 140 Å². The van der Waals surface area contributed by atoms with Crippen molar-refractivity contribution in [3.63, 3.8) is 0 Å². The minimum Gasteiger partial charge on any atom is -0.464 e. The monoisotopic (exact) mass is 316 g/mol. The normalized spacial score (nSPS) is 21.7. The summed E-state index contributed by atoms with van der Waals surface area (Å²) in [5, 5.41) is 6.91. The summed E-state index contributed by atoms with van der Waals surface area (Å²) in [4.78, 5) is 0. The van der Waals surface area contributed by atoms with Crippen LogP contribution in [0.15, 0.2) is 82.5 Å². The van der Waals surface area contributed by atoms with E-state index < -0.39 is 0 Å². The van der Waals surface area contributed by atoms with Crippen molar-refractivity contribution in [2.24, 2.45) is 5.10 Å². The number of ether oxygens (including phenoxy) is 1. The molecule has 0 N–H and O–H groups in total. The largest absolute Gasteiger partial charge is 0.464 e. The van der Waals surface area contributed by atoms with Crippen molar-refractivity contribution in [1.29, 1.82) is 0 Å². The summed E-state index contributed by atoms with van der Waals surface area (Å²) in [5.41, 5.74) is 3.24. The number of rotatable bonds is 2. The Morgan fingerprint density at radius 1 is 0.917 bits per heavy atom. The predicted molar refractivity (Wildman–Crippen MR) is 90.7 cm³/mol. The summed E-state index contributed by atoms with van der Waals surface area (Å²) < 4.78 is 11.8. The predicted octanol–water partition coefficient (Wildman–Crippen LogP) is 4.52. The fourth-order valence-electron chi connectivity index (χ4n) is 3.46. The Kier molecular flexibility index (Phi) is 2.95. The third-order valence-electron chi connectivity index (χ3n) is 4.59. The van der Waals surface area contributed by atoms with Crippen LogP contribution in [0.5, 0.6) is 5.75 Å².